The number of nitrogens with zero attached hydrogens (tertiary/aromatic N) is 1. The zero-order valence-corrected chi connectivity index (χ0v) is 19.1. The lowest BCUT2D eigenvalue weighted by atomic mass is 9.88. The van der Waals surface area contributed by atoms with Crippen LogP contribution in [0.4, 0.5) is 11.4 Å². The van der Waals surface area contributed by atoms with Gasteiger partial charge < -0.3 is 15.8 Å². The molecule has 2 aliphatic heterocycles. The lowest BCUT2D eigenvalue weighted by molar-refractivity contribution is 0.0966. The first-order valence-electron chi connectivity index (χ1n) is 11.7. The van der Waals surface area contributed by atoms with Crippen LogP contribution in [-0.2, 0) is 6.54 Å². The maximum atomic E-state index is 13.3. The van der Waals surface area contributed by atoms with Gasteiger partial charge in [0.1, 0.15) is 5.75 Å². The average Bonchev–Trinajstić information content (AvgIpc) is 3.27. The van der Waals surface area contributed by atoms with E-state index in [-0.39, 0.29) is 11.7 Å². The molecule has 5 rings (SSSR count). The highest BCUT2D eigenvalue weighted by Crippen LogP contribution is 2.36. The number of para-hydroxylation sites is 1. The summed E-state index contributed by atoms with van der Waals surface area (Å²) in [6, 6.07) is 22.3. The second-order valence-corrected chi connectivity index (χ2v) is 9.14. The predicted octanol–water partition coefficient (Wildman–Crippen LogP) is 5.05. The number of ether oxygens (including phenoxy) is 1. The Morgan fingerprint density at radius 1 is 1.03 bits per heavy atom. The number of anilines is 2. The zero-order valence-electron chi connectivity index (χ0n) is 19.1. The van der Waals surface area contributed by atoms with Gasteiger partial charge in [-0.1, -0.05) is 42.5 Å². The second kappa shape index (κ2) is 9.28. The van der Waals surface area contributed by atoms with Gasteiger partial charge in [0.15, 0.2) is 5.78 Å². The fourth-order valence-corrected chi connectivity index (χ4v) is 5.27. The molecular formula is C28H31N3O2. The molecular weight excluding hydrogens is 410 g/mol. The van der Waals surface area contributed by atoms with E-state index >= 15 is 0 Å². The Kier molecular flexibility index (Phi) is 6.05. The number of fused-ring (bicyclic) bond motifs is 1. The summed E-state index contributed by atoms with van der Waals surface area (Å²) in [5, 5.41) is 3.33. The minimum atomic E-state index is -0.160. The van der Waals surface area contributed by atoms with Crippen molar-refractivity contribution in [2.45, 2.75) is 31.2 Å². The summed E-state index contributed by atoms with van der Waals surface area (Å²) in [6.07, 6.45) is 2.24. The molecule has 0 radical (unpaired) electrons. The van der Waals surface area contributed by atoms with Crippen molar-refractivity contribution in [3.63, 3.8) is 0 Å². The average molecular weight is 442 g/mol. The molecule has 5 nitrogen and oxygen atoms in total. The number of rotatable bonds is 6. The minimum absolute atomic E-state index is 0.160. The van der Waals surface area contributed by atoms with Crippen molar-refractivity contribution in [3.05, 3.63) is 89.0 Å². The largest absolute Gasteiger partial charge is 0.496 e. The number of hydrogen-bond acceptors (Lipinski definition) is 5. The first kappa shape index (κ1) is 21.5. The molecule has 1 unspecified atom stereocenters. The number of piperidine rings is 1. The number of hydrogen-bond donors (Lipinski definition) is 2. The number of nitrogens with one attached hydrogen (secondary N) is 1. The number of nitrogen functional groups attached to an aromatic ring is 1. The van der Waals surface area contributed by atoms with E-state index in [2.05, 4.69) is 40.5 Å². The summed E-state index contributed by atoms with van der Waals surface area (Å²) in [4.78, 5) is 15.8. The van der Waals surface area contributed by atoms with E-state index in [1.807, 2.05) is 36.4 Å². The molecule has 0 spiro atoms. The molecule has 0 aliphatic carbocycles. The van der Waals surface area contributed by atoms with Gasteiger partial charge >= 0.3 is 0 Å². The smallest absolute Gasteiger partial charge is 0.172 e. The molecule has 3 N–H and O–H groups in total. The van der Waals surface area contributed by atoms with E-state index in [9.17, 15) is 4.79 Å². The van der Waals surface area contributed by atoms with Crippen LogP contribution in [0.15, 0.2) is 66.7 Å². The number of ketones is 1. The van der Waals surface area contributed by atoms with Crippen LogP contribution in [0.1, 0.15) is 51.7 Å². The monoisotopic (exact) mass is 441 g/mol. The Morgan fingerprint density at radius 2 is 1.85 bits per heavy atom. The summed E-state index contributed by atoms with van der Waals surface area (Å²) in [5.74, 6) is 1.54. The van der Waals surface area contributed by atoms with Crippen molar-refractivity contribution >= 4 is 17.2 Å². The maximum Gasteiger partial charge on any atom is 0.172 e. The van der Waals surface area contributed by atoms with Crippen molar-refractivity contribution in [1.29, 1.82) is 0 Å². The highest BCUT2D eigenvalue weighted by Gasteiger charge is 2.29. The number of Topliss-reactive ketones (excluding diaryl/α,β-unsaturated/α-hetero) is 1. The zero-order chi connectivity index (χ0) is 22.8. The minimum Gasteiger partial charge on any atom is -0.496 e. The molecule has 5 heteroatoms. The van der Waals surface area contributed by atoms with E-state index < -0.39 is 0 Å². The normalized spacial score (nSPS) is 18.5. The van der Waals surface area contributed by atoms with Gasteiger partial charge in [0.05, 0.1) is 13.0 Å². The lowest BCUT2D eigenvalue weighted by Gasteiger charge is -2.32. The molecule has 0 saturated carbocycles. The van der Waals surface area contributed by atoms with Crippen molar-refractivity contribution in [2.75, 3.05) is 37.8 Å². The van der Waals surface area contributed by atoms with E-state index in [0.717, 1.165) is 55.0 Å². The number of carbonyl (C=O) groups excluding carboxylic acids is 1. The maximum absolute atomic E-state index is 13.3. The third-order valence-corrected chi connectivity index (χ3v) is 7.05. The standard InChI is InChI=1S/C28H31N3O2/c1-33-27-8-3-2-7-23(27)20-11-13-31(14-12-20)18-19-5-4-6-21(15-19)28(32)25-17-30-26-16-22(29)9-10-24(25)26/h2-10,15-16,20,25,30H,11-14,17-18,29H2,1H3. The quantitative estimate of drug-likeness (QED) is 0.414. The van der Waals surface area contributed by atoms with Crippen LogP contribution in [0.3, 0.4) is 0 Å². The van der Waals surface area contributed by atoms with Crippen LogP contribution in [-0.4, -0.2) is 37.4 Å². The number of methoxy groups -OCH3 is 1. The highest BCUT2D eigenvalue weighted by molar-refractivity contribution is 6.03. The molecule has 3 aromatic carbocycles. The van der Waals surface area contributed by atoms with Gasteiger partial charge in [0.25, 0.3) is 0 Å². The molecule has 1 fully saturated rings. The molecule has 170 valence electrons. The van der Waals surface area contributed by atoms with Gasteiger partial charge in [-0.2, -0.15) is 0 Å². The Hall–Kier alpha value is -3.31. The van der Waals surface area contributed by atoms with Crippen LogP contribution < -0.4 is 15.8 Å². The summed E-state index contributed by atoms with van der Waals surface area (Å²) >= 11 is 0. The highest BCUT2D eigenvalue weighted by atomic mass is 16.5. The Labute approximate surface area is 195 Å². The molecule has 0 amide bonds. The molecule has 2 heterocycles. The van der Waals surface area contributed by atoms with Gasteiger partial charge in [-0.05, 0) is 72.8 Å². The topological polar surface area (TPSA) is 67.6 Å². The number of likely N-dealkylation sites (tertiary alicyclic amines) is 1. The van der Waals surface area contributed by atoms with Crippen molar-refractivity contribution in [3.8, 4) is 5.75 Å². The number of benzene rings is 3. The van der Waals surface area contributed by atoms with Gasteiger partial charge in [-0.15, -0.1) is 0 Å². The van der Waals surface area contributed by atoms with Crippen molar-refractivity contribution in [1.82, 2.24) is 4.90 Å². The molecule has 0 bridgehead atoms. The predicted molar refractivity (Wildman–Crippen MR) is 133 cm³/mol. The molecule has 33 heavy (non-hydrogen) atoms. The fraction of sp³-hybridized carbons (Fsp3) is 0.321. The summed E-state index contributed by atoms with van der Waals surface area (Å²) in [5.41, 5.74) is 11.9. The van der Waals surface area contributed by atoms with E-state index in [1.165, 1.54) is 11.1 Å². The van der Waals surface area contributed by atoms with Crippen LogP contribution in [0, 0.1) is 0 Å². The SMILES string of the molecule is COc1ccccc1C1CCN(Cc2cccc(C(=O)C3CNc4cc(N)ccc43)c2)CC1. The lowest BCUT2D eigenvalue weighted by Crippen LogP contribution is -2.32. The molecule has 1 saturated heterocycles. The van der Waals surface area contributed by atoms with Gasteiger partial charge in [-0.25, -0.2) is 0 Å². The summed E-state index contributed by atoms with van der Waals surface area (Å²) in [7, 11) is 1.75. The molecule has 1 atom stereocenters. The first-order valence-corrected chi connectivity index (χ1v) is 11.7. The molecule has 2 aliphatic rings. The Bertz CT molecular complexity index is 1150. The van der Waals surface area contributed by atoms with Gasteiger partial charge in [0.2, 0.25) is 0 Å². The Balaban J connectivity index is 1.23. The Morgan fingerprint density at radius 3 is 2.67 bits per heavy atom. The van der Waals surface area contributed by atoms with E-state index in [0.29, 0.717) is 18.2 Å². The first-order chi connectivity index (χ1) is 16.1. The number of nitrogens with two attached hydrogens (primary N) is 1. The van der Waals surface area contributed by atoms with Crippen LogP contribution >= 0.6 is 0 Å². The summed E-state index contributed by atoms with van der Waals surface area (Å²) < 4.78 is 5.57. The fourth-order valence-electron chi connectivity index (χ4n) is 5.27. The van der Waals surface area contributed by atoms with Crippen molar-refractivity contribution in [2.24, 2.45) is 0 Å². The van der Waals surface area contributed by atoms with Crippen molar-refractivity contribution < 1.29 is 9.53 Å². The van der Waals surface area contributed by atoms with Gasteiger partial charge in [-0.3, -0.25) is 9.69 Å². The van der Waals surface area contributed by atoms with Crippen LogP contribution in [0.2, 0.25) is 0 Å². The van der Waals surface area contributed by atoms with Crippen LogP contribution in [0.5, 0.6) is 5.75 Å². The third kappa shape index (κ3) is 4.46. The van der Waals surface area contributed by atoms with E-state index in [4.69, 9.17) is 10.5 Å². The van der Waals surface area contributed by atoms with Crippen LogP contribution in [0.25, 0.3) is 0 Å². The summed E-state index contributed by atoms with van der Waals surface area (Å²) in [6.45, 7) is 3.58. The molecule has 0 aromatic heterocycles. The molecule has 3 aromatic rings. The second-order valence-electron chi connectivity index (χ2n) is 9.14. The van der Waals surface area contributed by atoms with Gasteiger partial charge in [0, 0.05) is 30.0 Å². The third-order valence-electron chi connectivity index (χ3n) is 7.05. The number of carbonyl (C=O) groups is 1. The van der Waals surface area contributed by atoms with E-state index in [1.54, 1.807) is 7.11 Å².